The van der Waals surface area contributed by atoms with Crippen LogP contribution in [0.2, 0.25) is 0 Å². The Bertz CT molecular complexity index is 397. The van der Waals surface area contributed by atoms with Gasteiger partial charge in [0.15, 0.2) is 0 Å². The third-order valence-corrected chi connectivity index (χ3v) is 3.38. The number of aliphatic hydroxyl groups is 2. The maximum Gasteiger partial charge on any atom is 0.225 e. The van der Waals surface area contributed by atoms with Crippen LogP contribution in [-0.2, 0) is 6.61 Å². The highest BCUT2D eigenvalue weighted by Gasteiger charge is 2.25. The lowest BCUT2D eigenvalue weighted by atomic mass is 9.97. The molecule has 0 radical (unpaired) electrons. The summed E-state index contributed by atoms with van der Waals surface area (Å²) in [5.41, 5.74) is 1.58. The third-order valence-electron chi connectivity index (χ3n) is 3.38. The molecule has 17 heavy (non-hydrogen) atoms. The first-order valence-corrected chi connectivity index (χ1v) is 5.98. The number of aliphatic hydroxyl groups excluding tert-OH is 2. The van der Waals surface area contributed by atoms with E-state index in [0.29, 0.717) is 5.95 Å². The molecule has 2 atom stereocenters. The van der Waals surface area contributed by atoms with Crippen LogP contribution in [0.1, 0.15) is 24.6 Å². The van der Waals surface area contributed by atoms with Gasteiger partial charge in [0.25, 0.3) is 0 Å². The van der Waals surface area contributed by atoms with E-state index in [4.69, 9.17) is 5.11 Å². The minimum absolute atomic E-state index is 0.0266. The number of rotatable bonds is 2. The number of anilines is 1. The van der Waals surface area contributed by atoms with Crippen molar-refractivity contribution in [1.82, 2.24) is 9.97 Å². The Morgan fingerprint density at radius 3 is 2.88 bits per heavy atom. The molecule has 1 aliphatic rings. The van der Waals surface area contributed by atoms with Gasteiger partial charge in [0.1, 0.15) is 0 Å². The predicted octanol–water partition coefficient (Wildman–Crippen LogP) is 0.484. The van der Waals surface area contributed by atoms with E-state index in [1.54, 1.807) is 6.20 Å². The molecule has 2 rings (SSSR count). The van der Waals surface area contributed by atoms with Gasteiger partial charge in [-0.2, -0.15) is 0 Å². The van der Waals surface area contributed by atoms with Gasteiger partial charge in [0.05, 0.1) is 12.7 Å². The summed E-state index contributed by atoms with van der Waals surface area (Å²) in [6.45, 7) is 5.44. The molecule has 0 aromatic carbocycles. The molecule has 1 fully saturated rings. The molecule has 0 aliphatic carbocycles. The van der Waals surface area contributed by atoms with Crippen LogP contribution < -0.4 is 4.90 Å². The van der Waals surface area contributed by atoms with Crippen LogP contribution >= 0.6 is 0 Å². The van der Waals surface area contributed by atoms with Gasteiger partial charge in [-0.3, -0.25) is 0 Å². The minimum Gasteiger partial charge on any atom is -0.393 e. The standard InChI is InChI=1S/C12H19N3O2/c1-8-6-15(4-3-11(8)17)12-13-5-10(7-16)9(2)14-12/h5,8,11,16-17H,3-4,6-7H2,1-2H3. The Balaban J connectivity index is 2.15. The first-order valence-electron chi connectivity index (χ1n) is 5.98. The van der Waals surface area contributed by atoms with E-state index in [0.717, 1.165) is 30.8 Å². The molecule has 1 aromatic heterocycles. The monoisotopic (exact) mass is 237 g/mol. The van der Waals surface area contributed by atoms with Crippen molar-refractivity contribution in [2.75, 3.05) is 18.0 Å². The van der Waals surface area contributed by atoms with Gasteiger partial charge >= 0.3 is 0 Å². The minimum atomic E-state index is -0.218. The lowest BCUT2D eigenvalue weighted by molar-refractivity contribution is 0.0966. The van der Waals surface area contributed by atoms with Crippen molar-refractivity contribution in [2.45, 2.75) is 33.0 Å². The second-order valence-corrected chi connectivity index (χ2v) is 4.72. The summed E-state index contributed by atoms with van der Waals surface area (Å²) in [6, 6.07) is 0. The van der Waals surface area contributed by atoms with E-state index in [-0.39, 0.29) is 18.6 Å². The van der Waals surface area contributed by atoms with E-state index in [1.165, 1.54) is 0 Å². The van der Waals surface area contributed by atoms with Gasteiger partial charge in [0, 0.05) is 30.5 Å². The van der Waals surface area contributed by atoms with Crippen molar-refractivity contribution in [3.05, 3.63) is 17.5 Å². The van der Waals surface area contributed by atoms with E-state index in [9.17, 15) is 5.11 Å². The number of hydrogen-bond acceptors (Lipinski definition) is 5. The van der Waals surface area contributed by atoms with Gasteiger partial charge in [-0.25, -0.2) is 9.97 Å². The van der Waals surface area contributed by atoms with Gasteiger partial charge < -0.3 is 15.1 Å². The highest BCUT2D eigenvalue weighted by Crippen LogP contribution is 2.21. The zero-order valence-corrected chi connectivity index (χ0v) is 10.3. The van der Waals surface area contributed by atoms with E-state index in [1.807, 2.05) is 13.8 Å². The maximum absolute atomic E-state index is 9.68. The largest absolute Gasteiger partial charge is 0.393 e. The first-order chi connectivity index (χ1) is 8.11. The molecule has 94 valence electrons. The van der Waals surface area contributed by atoms with Crippen LogP contribution in [-0.4, -0.2) is 39.4 Å². The molecule has 2 heterocycles. The predicted molar refractivity (Wildman–Crippen MR) is 64.7 cm³/mol. The number of piperidine rings is 1. The summed E-state index contributed by atoms with van der Waals surface area (Å²) in [6.07, 6.45) is 2.21. The molecule has 0 spiro atoms. The Labute approximate surface area is 101 Å². The van der Waals surface area contributed by atoms with Crippen molar-refractivity contribution < 1.29 is 10.2 Å². The highest BCUT2D eigenvalue weighted by molar-refractivity contribution is 5.33. The van der Waals surface area contributed by atoms with E-state index >= 15 is 0 Å². The van der Waals surface area contributed by atoms with Gasteiger partial charge in [-0.1, -0.05) is 6.92 Å². The molecular formula is C12H19N3O2. The fourth-order valence-corrected chi connectivity index (χ4v) is 2.10. The van der Waals surface area contributed by atoms with Crippen LogP contribution in [0.5, 0.6) is 0 Å². The Morgan fingerprint density at radius 1 is 1.53 bits per heavy atom. The summed E-state index contributed by atoms with van der Waals surface area (Å²) in [5, 5.41) is 18.7. The Hall–Kier alpha value is -1.20. The summed E-state index contributed by atoms with van der Waals surface area (Å²) in [4.78, 5) is 10.8. The molecule has 0 saturated carbocycles. The maximum atomic E-state index is 9.68. The van der Waals surface area contributed by atoms with Crippen molar-refractivity contribution >= 4 is 5.95 Å². The van der Waals surface area contributed by atoms with E-state index in [2.05, 4.69) is 14.9 Å². The van der Waals surface area contributed by atoms with Crippen LogP contribution in [0.15, 0.2) is 6.20 Å². The number of nitrogens with zero attached hydrogens (tertiary/aromatic N) is 3. The quantitative estimate of drug-likeness (QED) is 0.783. The number of aromatic nitrogens is 2. The fraction of sp³-hybridized carbons (Fsp3) is 0.667. The molecule has 0 amide bonds. The smallest absolute Gasteiger partial charge is 0.225 e. The summed E-state index contributed by atoms with van der Waals surface area (Å²) in [7, 11) is 0. The average molecular weight is 237 g/mol. The zero-order valence-electron chi connectivity index (χ0n) is 10.3. The molecule has 1 aliphatic heterocycles. The summed E-state index contributed by atoms with van der Waals surface area (Å²) < 4.78 is 0. The Kier molecular flexibility index (Phi) is 3.59. The molecule has 2 N–H and O–H groups in total. The molecular weight excluding hydrogens is 218 g/mol. The fourth-order valence-electron chi connectivity index (χ4n) is 2.10. The molecule has 2 unspecified atom stereocenters. The number of hydrogen-bond donors (Lipinski definition) is 2. The second kappa shape index (κ2) is 4.98. The lowest BCUT2D eigenvalue weighted by Crippen LogP contribution is -2.42. The topological polar surface area (TPSA) is 69.5 Å². The SMILES string of the molecule is Cc1nc(N2CCC(O)C(C)C2)ncc1CO. The summed E-state index contributed by atoms with van der Waals surface area (Å²) >= 11 is 0. The van der Waals surface area contributed by atoms with Gasteiger partial charge in [-0.15, -0.1) is 0 Å². The van der Waals surface area contributed by atoms with Crippen LogP contribution in [0.4, 0.5) is 5.95 Å². The van der Waals surface area contributed by atoms with Gasteiger partial charge in [-0.05, 0) is 19.3 Å². The van der Waals surface area contributed by atoms with Crippen LogP contribution in [0, 0.1) is 12.8 Å². The highest BCUT2D eigenvalue weighted by atomic mass is 16.3. The van der Waals surface area contributed by atoms with E-state index < -0.39 is 0 Å². The lowest BCUT2D eigenvalue weighted by Gasteiger charge is -2.34. The van der Waals surface area contributed by atoms with Crippen LogP contribution in [0.25, 0.3) is 0 Å². The van der Waals surface area contributed by atoms with Crippen molar-refractivity contribution in [3.63, 3.8) is 0 Å². The Morgan fingerprint density at radius 2 is 2.29 bits per heavy atom. The molecule has 1 aromatic rings. The van der Waals surface area contributed by atoms with Crippen molar-refractivity contribution in [3.8, 4) is 0 Å². The van der Waals surface area contributed by atoms with Gasteiger partial charge in [0.2, 0.25) is 5.95 Å². The second-order valence-electron chi connectivity index (χ2n) is 4.72. The van der Waals surface area contributed by atoms with Crippen molar-refractivity contribution in [1.29, 1.82) is 0 Å². The van der Waals surface area contributed by atoms with Crippen LogP contribution in [0.3, 0.4) is 0 Å². The zero-order chi connectivity index (χ0) is 12.4. The molecule has 1 saturated heterocycles. The third kappa shape index (κ3) is 2.56. The normalized spacial score (nSPS) is 25.1. The summed E-state index contributed by atoms with van der Waals surface area (Å²) in [5.74, 6) is 0.934. The molecule has 5 nitrogen and oxygen atoms in total. The number of aryl methyl sites for hydroxylation is 1. The average Bonchev–Trinajstić information content (AvgIpc) is 2.32. The first kappa shape index (κ1) is 12.3. The molecule has 0 bridgehead atoms. The van der Waals surface area contributed by atoms with Crippen molar-refractivity contribution in [2.24, 2.45) is 5.92 Å². The molecule has 5 heteroatoms.